The predicted octanol–water partition coefficient (Wildman–Crippen LogP) is 1.74. The smallest absolute Gasteiger partial charge is 0.320 e. The zero-order valence-electron chi connectivity index (χ0n) is 28.6. The number of thioether (sulfide) groups is 1. The first kappa shape index (κ1) is 50.6. The van der Waals surface area contributed by atoms with E-state index in [-0.39, 0.29) is 11.8 Å². The molecule has 15 nitrogen and oxygen atoms in total. The molecule has 0 spiro atoms. The number of hydrogen-bond donors (Lipinski definition) is 10. The van der Waals surface area contributed by atoms with Crippen LogP contribution in [0.25, 0.3) is 0 Å². The third-order valence-corrected chi connectivity index (χ3v) is 6.80. The van der Waals surface area contributed by atoms with Crippen LogP contribution < -0.4 is 28.7 Å². The van der Waals surface area contributed by atoms with Gasteiger partial charge in [0.15, 0.2) is 0 Å². The molecule has 0 heterocycles. The highest BCUT2D eigenvalue weighted by Crippen LogP contribution is 2.04. The normalized spacial score (nSPS) is 13.9. The number of hydrogen-bond acceptors (Lipinski definition) is 11. The number of aliphatic carboxylic acids is 5. The fourth-order valence-electron chi connectivity index (χ4n) is 2.71. The first-order valence-corrected chi connectivity index (χ1v) is 16.4. The molecule has 0 bridgehead atoms. The fourth-order valence-corrected chi connectivity index (χ4v) is 3.20. The van der Waals surface area contributed by atoms with Crippen molar-refractivity contribution in [3.05, 3.63) is 35.9 Å². The van der Waals surface area contributed by atoms with Gasteiger partial charge in [0.2, 0.25) is 0 Å². The lowest BCUT2D eigenvalue weighted by molar-refractivity contribution is -0.140. The molecule has 6 atom stereocenters. The van der Waals surface area contributed by atoms with Crippen molar-refractivity contribution in [3.8, 4) is 0 Å². The first-order valence-electron chi connectivity index (χ1n) is 15.0. The molecule has 1 rings (SSSR count). The van der Waals surface area contributed by atoms with Crippen LogP contribution in [0.2, 0.25) is 0 Å². The maximum atomic E-state index is 10.4. The molecule has 0 fully saturated rings. The van der Waals surface area contributed by atoms with Gasteiger partial charge in [0.1, 0.15) is 30.2 Å². The van der Waals surface area contributed by atoms with Crippen LogP contribution in [0.15, 0.2) is 30.3 Å². The van der Waals surface area contributed by atoms with Crippen molar-refractivity contribution >= 4 is 41.6 Å². The van der Waals surface area contributed by atoms with Gasteiger partial charge in [0.25, 0.3) is 0 Å². The summed E-state index contributed by atoms with van der Waals surface area (Å²) in [4.78, 5) is 50.7. The lowest BCUT2D eigenvalue weighted by atomic mass is 10.0. The summed E-state index contributed by atoms with van der Waals surface area (Å²) in [6.07, 6.45) is 4.23. The number of nitrogens with two attached hydrogens (primary N) is 5. The molecule has 0 aliphatic heterocycles. The Kier molecular flexibility index (Phi) is 32.4. The van der Waals surface area contributed by atoms with Gasteiger partial charge in [-0.25, -0.2) is 0 Å². The standard InChI is InChI=1S/C9H11NO2.2C6H13NO2.C5H11NO2S.C5H11NO2/c10-8(9(11)12)6-7-4-2-1-3-5-7;1-4(2)3-5(7)6(8)9;1-3-4(2)5(7)6(8)9;1-9-3-2-4(6)5(7)8;1-3(2)4(6)5(7)8/h1-5,8H,6,10H2,(H,11,12);2*4-5H,3,7H2,1-2H3,(H,8,9);4H,2-3,6H2,1H3,(H,7,8);3-4H,6H2,1-2H3,(H,7,8). The van der Waals surface area contributed by atoms with E-state index in [9.17, 15) is 24.0 Å². The van der Waals surface area contributed by atoms with Gasteiger partial charge >= 0.3 is 29.8 Å². The molecule has 0 aliphatic carbocycles. The van der Waals surface area contributed by atoms with Crippen molar-refractivity contribution in [1.82, 2.24) is 0 Å². The van der Waals surface area contributed by atoms with E-state index < -0.39 is 60.1 Å². The van der Waals surface area contributed by atoms with E-state index in [1.165, 1.54) is 0 Å². The van der Waals surface area contributed by atoms with E-state index in [1.54, 1.807) is 25.6 Å². The number of carbonyl (C=O) groups is 5. The second kappa shape index (κ2) is 30.1. The Bertz CT molecular complexity index is 1000. The van der Waals surface area contributed by atoms with Gasteiger partial charge in [-0.2, -0.15) is 11.8 Å². The van der Waals surface area contributed by atoms with Gasteiger partial charge in [-0.3, -0.25) is 24.0 Å². The molecule has 1 aromatic rings. The van der Waals surface area contributed by atoms with Gasteiger partial charge < -0.3 is 54.2 Å². The first-order chi connectivity index (χ1) is 21.6. The minimum Gasteiger partial charge on any atom is -0.480 e. The molecular weight excluding hydrogens is 634 g/mol. The van der Waals surface area contributed by atoms with Gasteiger partial charge in [0, 0.05) is 0 Å². The Morgan fingerprint density at radius 1 is 0.660 bits per heavy atom. The van der Waals surface area contributed by atoms with Crippen LogP contribution >= 0.6 is 11.8 Å². The molecule has 0 aliphatic rings. The second-order valence-electron chi connectivity index (χ2n) is 11.3. The molecule has 16 heteroatoms. The molecule has 0 radical (unpaired) electrons. The predicted molar refractivity (Wildman–Crippen MR) is 185 cm³/mol. The summed E-state index contributed by atoms with van der Waals surface area (Å²) in [6, 6.07) is 5.76. The Labute approximate surface area is 282 Å². The average Bonchev–Trinajstić information content (AvgIpc) is 2.99. The van der Waals surface area contributed by atoms with Crippen LogP contribution in [-0.2, 0) is 30.4 Å². The lowest BCUT2D eigenvalue weighted by Gasteiger charge is -2.11. The van der Waals surface area contributed by atoms with Crippen LogP contribution in [0.3, 0.4) is 0 Å². The minimum absolute atomic E-state index is 0.0208. The van der Waals surface area contributed by atoms with Crippen molar-refractivity contribution in [1.29, 1.82) is 0 Å². The van der Waals surface area contributed by atoms with Crippen LogP contribution in [0, 0.1) is 17.8 Å². The molecule has 0 saturated carbocycles. The fraction of sp³-hybridized carbons (Fsp3) is 0.645. The summed E-state index contributed by atoms with van der Waals surface area (Å²) in [7, 11) is 0. The maximum Gasteiger partial charge on any atom is 0.320 e. The van der Waals surface area contributed by atoms with Crippen molar-refractivity contribution in [3.63, 3.8) is 0 Å². The minimum atomic E-state index is -0.959. The summed E-state index contributed by atoms with van der Waals surface area (Å²) in [6.45, 7) is 11.2. The topological polar surface area (TPSA) is 317 Å². The van der Waals surface area contributed by atoms with Crippen LogP contribution in [0.4, 0.5) is 0 Å². The van der Waals surface area contributed by atoms with Crippen molar-refractivity contribution in [2.45, 2.75) is 97.4 Å². The van der Waals surface area contributed by atoms with E-state index in [0.29, 0.717) is 25.2 Å². The highest BCUT2D eigenvalue weighted by Gasteiger charge is 2.17. The van der Waals surface area contributed by atoms with Gasteiger partial charge in [0.05, 0.1) is 0 Å². The zero-order valence-corrected chi connectivity index (χ0v) is 29.4. The SMILES string of the molecule is CC(C)C(N)C(=O)O.CC(C)CC(N)C(=O)O.CCC(C)C(N)C(=O)O.CSCCC(N)C(=O)O.NC(Cc1ccccc1)C(=O)O. The third kappa shape index (κ3) is 32.5. The van der Waals surface area contributed by atoms with E-state index in [0.717, 1.165) is 17.7 Å². The van der Waals surface area contributed by atoms with Crippen LogP contribution in [-0.4, -0.2) is 97.6 Å². The third-order valence-electron chi connectivity index (χ3n) is 6.15. The Morgan fingerprint density at radius 3 is 1.32 bits per heavy atom. The quantitative estimate of drug-likeness (QED) is 0.125. The molecule has 0 amide bonds. The average molecular weight is 694 g/mol. The molecule has 47 heavy (non-hydrogen) atoms. The number of carboxylic acid groups (broad SMARTS) is 5. The highest BCUT2D eigenvalue weighted by molar-refractivity contribution is 7.98. The monoisotopic (exact) mass is 693 g/mol. The summed E-state index contributed by atoms with van der Waals surface area (Å²) in [5, 5.41) is 41.7. The summed E-state index contributed by atoms with van der Waals surface area (Å²) in [5.41, 5.74) is 27.1. The van der Waals surface area contributed by atoms with E-state index in [4.69, 9.17) is 54.2 Å². The van der Waals surface area contributed by atoms with Gasteiger partial charge in [-0.1, -0.05) is 78.3 Å². The molecule has 15 N–H and O–H groups in total. The van der Waals surface area contributed by atoms with Crippen LogP contribution in [0.5, 0.6) is 0 Å². The number of benzene rings is 1. The number of carboxylic acids is 5. The van der Waals surface area contributed by atoms with Gasteiger partial charge in [-0.05, 0) is 54.6 Å². The second-order valence-corrected chi connectivity index (χ2v) is 12.3. The van der Waals surface area contributed by atoms with Crippen molar-refractivity contribution < 1.29 is 49.5 Å². The van der Waals surface area contributed by atoms with Crippen LogP contribution in [0.1, 0.15) is 66.4 Å². The molecular formula is C31H59N5O10S. The molecule has 0 aromatic heterocycles. The van der Waals surface area contributed by atoms with E-state index in [2.05, 4.69) is 0 Å². The maximum absolute atomic E-state index is 10.4. The Balaban J connectivity index is -0.000000248. The summed E-state index contributed by atoms with van der Waals surface area (Å²) < 4.78 is 0. The Morgan fingerprint density at radius 2 is 1.09 bits per heavy atom. The molecule has 0 saturated heterocycles. The van der Waals surface area contributed by atoms with Crippen molar-refractivity contribution in [2.75, 3.05) is 12.0 Å². The molecule has 274 valence electrons. The molecule has 1 aromatic carbocycles. The zero-order chi connectivity index (χ0) is 37.9. The molecule has 6 unspecified atom stereocenters. The van der Waals surface area contributed by atoms with Gasteiger partial charge in [-0.15, -0.1) is 0 Å². The van der Waals surface area contributed by atoms with E-state index >= 15 is 0 Å². The Hall–Kier alpha value is -3.28. The van der Waals surface area contributed by atoms with E-state index in [1.807, 2.05) is 64.3 Å². The lowest BCUT2D eigenvalue weighted by Crippen LogP contribution is -2.36. The summed E-state index contributed by atoms with van der Waals surface area (Å²) in [5.74, 6) is -3.37. The highest BCUT2D eigenvalue weighted by atomic mass is 32.2. The summed E-state index contributed by atoms with van der Waals surface area (Å²) >= 11 is 1.60. The van der Waals surface area contributed by atoms with Crippen molar-refractivity contribution in [2.24, 2.45) is 46.4 Å². The number of rotatable bonds is 15. The largest absolute Gasteiger partial charge is 0.480 e.